The number of ether oxygens (including phenoxy) is 2. The van der Waals surface area contributed by atoms with Gasteiger partial charge in [-0.2, -0.15) is 0 Å². The van der Waals surface area contributed by atoms with Gasteiger partial charge in [-0.1, -0.05) is 23.2 Å². The van der Waals surface area contributed by atoms with Gasteiger partial charge in [-0.05, 0) is 36.4 Å². The van der Waals surface area contributed by atoms with Gasteiger partial charge in [-0.15, -0.1) is 0 Å². The van der Waals surface area contributed by atoms with Gasteiger partial charge in [0.05, 0.1) is 36.4 Å². The number of carbonyl (C=O) groups excluding carboxylic acids is 2. The predicted octanol–water partition coefficient (Wildman–Crippen LogP) is 3.75. The number of nitrogens with zero attached hydrogens (tertiary/aromatic N) is 1. The molecule has 1 aliphatic heterocycles. The maximum atomic E-state index is 12.7. The summed E-state index contributed by atoms with van der Waals surface area (Å²) in [5, 5.41) is 3.77. The largest absolute Gasteiger partial charge is 0.495 e. The van der Waals surface area contributed by atoms with Crippen molar-refractivity contribution in [1.82, 2.24) is 0 Å². The molecule has 1 atom stereocenters. The van der Waals surface area contributed by atoms with Crippen LogP contribution in [0, 0.1) is 0 Å². The number of benzene rings is 2. The fraction of sp³-hybridized carbons (Fsp3) is 0.222. The van der Waals surface area contributed by atoms with E-state index >= 15 is 0 Å². The van der Waals surface area contributed by atoms with Crippen LogP contribution in [0.15, 0.2) is 36.4 Å². The molecule has 1 fully saturated rings. The van der Waals surface area contributed by atoms with Crippen LogP contribution in [0.2, 0.25) is 10.0 Å². The molecule has 0 aliphatic carbocycles. The summed E-state index contributed by atoms with van der Waals surface area (Å²) >= 11 is 12.2. The number of anilines is 2. The summed E-state index contributed by atoms with van der Waals surface area (Å²) in [7, 11) is 3.01. The average Bonchev–Trinajstić information content (AvgIpc) is 2.88. The SMILES string of the molecule is COc1ccc(N[C@H]2CC(=O)N(c3ccc(OC)c(Cl)c3)C2=O)cc1Cl. The fourth-order valence-electron chi connectivity index (χ4n) is 2.77. The molecule has 3 rings (SSSR count). The molecule has 26 heavy (non-hydrogen) atoms. The van der Waals surface area contributed by atoms with Crippen molar-refractivity contribution in [3.63, 3.8) is 0 Å². The Balaban J connectivity index is 1.80. The van der Waals surface area contributed by atoms with E-state index in [-0.39, 0.29) is 18.2 Å². The molecule has 8 heteroatoms. The van der Waals surface area contributed by atoms with Gasteiger partial charge in [-0.25, -0.2) is 4.90 Å². The first-order valence-electron chi connectivity index (χ1n) is 7.75. The van der Waals surface area contributed by atoms with Gasteiger partial charge in [0.25, 0.3) is 5.91 Å². The van der Waals surface area contributed by atoms with Crippen molar-refractivity contribution in [3.05, 3.63) is 46.4 Å². The second-order valence-electron chi connectivity index (χ2n) is 5.64. The Bertz CT molecular complexity index is 872. The maximum Gasteiger partial charge on any atom is 0.256 e. The zero-order valence-corrected chi connectivity index (χ0v) is 15.6. The molecule has 136 valence electrons. The zero-order chi connectivity index (χ0) is 18.8. The molecule has 2 amide bonds. The lowest BCUT2D eigenvalue weighted by molar-refractivity contribution is -0.121. The van der Waals surface area contributed by atoms with Crippen LogP contribution in [-0.4, -0.2) is 32.1 Å². The molecule has 6 nitrogen and oxygen atoms in total. The van der Waals surface area contributed by atoms with Gasteiger partial charge in [0, 0.05) is 5.69 Å². The monoisotopic (exact) mass is 394 g/mol. The number of amides is 2. The lowest BCUT2D eigenvalue weighted by Gasteiger charge is -2.17. The second-order valence-corrected chi connectivity index (χ2v) is 6.45. The van der Waals surface area contributed by atoms with Crippen molar-refractivity contribution in [1.29, 1.82) is 0 Å². The Morgan fingerprint density at radius 1 is 1.00 bits per heavy atom. The van der Waals surface area contributed by atoms with Gasteiger partial charge >= 0.3 is 0 Å². The third-order valence-corrected chi connectivity index (χ3v) is 4.62. The van der Waals surface area contributed by atoms with Gasteiger partial charge in [0.15, 0.2) is 0 Å². The highest BCUT2D eigenvalue weighted by Crippen LogP contribution is 2.33. The predicted molar refractivity (Wildman–Crippen MR) is 101 cm³/mol. The van der Waals surface area contributed by atoms with Crippen LogP contribution in [0.3, 0.4) is 0 Å². The van der Waals surface area contributed by atoms with E-state index < -0.39 is 6.04 Å². The molecule has 0 spiro atoms. The summed E-state index contributed by atoms with van der Waals surface area (Å²) in [6.07, 6.45) is 0.0339. The fourth-order valence-corrected chi connectivity index (χ4v) is 3.28. The average molecular weight is 395 g/mol. The van der Waals surface area contributed by atoms with Crippen LogP contribution in [-0.2, 0) is 9.59 Å². The van der Waals surface area contributed by atoms with Crippen LogP contribution in [0.25, 0.3) is 0 Å². The van der Waals surface area contributed by atoms with Crippen molar-refractivity contribution in [2.45, 2.75) is 12.5 Å². The van der Waals surface area contributed by atoms with Crippen molar-refractivity contribution >= 4 is 46.4 Å². The maximum absolute atomic E-state index is 12.7. The summed E-state index contributed by atoms with van der Waals surface area (Å²) in [5.74, 6) is 0.328. The molecule has 0 radical (unpaired) electrons. The molecule has 2 aromatic carbocycles. The number of methoxy groups -OCH3 is 2. The number of carbonyl (C=O) groups is 2. The number of rotatable bonds is 5. The van der Waals surface area contributed by atoms with Gasteiger partial charge < -0.3 is 14.8 Å². The smallest absolute Gasteiger partial charge is 0.256 e. The standard InChI is InChI=1S/C18H16Cl2N2O4/c1-25-15-5-3-10(7-12(15)19)21-14-9-17(23)22(18(14)24)11-4-6-16(26-2)13(20)8-11/h3-8,14,21H,9H2,1-2H3/t14-/m0/s1. The van der Waals surface area contributed by atoms with Gasteiger partial charge in [0.2, 0.25) is 5.91 Å². The molecule has 1 saturated heterocycles. The second kappa shape index (κ2) is 7.43. The van der Waals surface area contributed by atoms with E-state index in [1.807, 2.05) is 0 Å². The lowest BCUT2D eigenvalue weighted by atomic mass is 10.2. The van der Waals surface area contributed by atoms with Crippen molar-refractivity contribution in [3.8, 4) is 11.5 Å². The van der Waals surface area contributed by atoms with Crippen LogP contribution >= 0.6 is 23.2 Å². The third-order valence-electron chi connectivity index (χ3n) is 4.03. The Morgan fingerprint density at radius 3 is 2.19 bits per heavy atom. The first-order chi connectivity index (χ1) is 12.4. The van der Waals surface area contributed by atoms with E-state index in [2.05, 4.69) is 5.32 Å². The van der Waals surface area contributed by atoms with Crippen molar-refractivity contribution < 1.29 is 19.1 Å². The van der Waals surface area contributed by atoms with Crippen LogP contribution in [0.1, 0.15) is 6.42 Å². The van der Waals surface area contributed by atoms with E-state index in [1.54, 1.807) is 30.3 Å². The van der Waals surface area contributed by atoms with Gasteiger partial charge in [-0.3, -0.25) is 9.59 Å². The summed E-state index contributed by atoms with van der Waals surface area (Å²) in [4.78, 5) is 26.2. The molecular formula is C18H16Cl2N2O4. The first kappa shape index (κ1) is 18.4. The molecule has 0 bridgehead atoms. The highest BCUT2D eigenvalue weighted by atomic mass is 35.5. The van der Waals surface area contributed by atoms with Crippen molar-refractivity contribution in [2.75, 3.05) is 24.4 Å². The minimum absolute atomic E-state index is 0.0339. The number of hydrogen-bond acceptors (Lipinski definition) is 5. The topological polar surface area (TPSA) is 67.9 Å². The number of nitrogens with one attached hydrogen (secondary N) is 1. The summed E-state index contributed by atoms with van der Waals surface area (Å²) in [6, 6.07) is 9.14. The first-order valence-corrected chi connectivity index (χ1v) is 8.50. The van der Waals surface area contributed by atoms with Crippen LogP contribution in [0.4, 0.5) is 11.4 Å². The number of halogens is 2. The summed E-state index contributed by atoms with van der Waals surface area (Å²) < 4.78 is 10.2. The van der Waals surface area contributed by atoms with E-state index in [4.69, 9.17) is 32.7 Å². The molecule has 1 aliphatic rings. The highest BCUT2D eigenvalue weighted by molar-refractivity contribution is 6.33. The zero-order valence-electron chi connectivity index (χ0n) is 14.1. The summed E-state index contributed by atoms with van der Waals surface area (Å²) in [6.45, 7) is 0. The Hall–Kier alpha value is -2.44. The van der Waals surface area contributed by atoms with Crippen LogP contribution in [0.5, 0.6) is 11.5 Å². The normalized spacial score (nSPS) is 16.8. The van der Waals surface area contributed by atoms with E-state index in [9.17, 15) is 9.59 Å². The Labute approximate surface area is 160 Å². The Morgan fingerprint density at radius 2 is 1.62 bits per heavy atom. The third kappa shape index (κ3) is 3.43. The molecule has 0 saturated carbocycles. The molecule has 2 aromatic rings. The molecular weight excluding hydrogens is 379 g/mol. The Kier molecular flexibility index (Phi) is 5.25. The minimum atomic E-state index is -0.687. The van der Waals surface area contributed by atoms with Crippen LogP contribution < -0.4 is 19.7 Å². The van der Waals surface area contributed by atoms with Gasteiger partial charge in [0.1, 0.15) is 17.5 Å². The molecule has 0 aromatic heterocycles. The number of hydrogen-bond donors (Lipinski definition) is 1. The molecule has 1 N–H and O–H groups in total. The van der Waals surface area contributed by atoms with E-state index in [0.717, 1.165) is 4.90 Å². The van der Waals surface area contributed by atoms with E-state index in [0.29, 0.717) is 32.9 Å². The molecule has 0 unspecified atom stereocenters. The minimum Gasteiger partial charge on any atom is -0.495 e. The highest BCUT2D eigenvalue weighted by Gasteiger charge is 2.39. The number of imide groups is 1. The van der Waals surface area contributed by atoms with Crippen molar-refractivity contribution in [2.24, 2.45) is 0 Å². The molecule has 1 heterocycles. The van der Waals surface area contributed by atoms with E-state index in [1.165, 1.54) is 20.3 Å². The lowest BCUT2D eigenvalue weighted by Crippen LogP contribution is -2.34. The summed E-state index contributed by atoms with van der Waals surface area (Å²) in [5.41, 5.74) is 1.03. The quantitative estimate of drug-likeness (QED) is 0.781.